The maximum absolute atomic E-state index is 11.3. The number of hydrogen-bond acceptors (Lipinski definition) is 7. The molecule has 0 aromatic carbocycles. The summed E-state index contributed by atoms with van der Waals surface area (Å²) >= 11 is 0. The van der Waals surface area contributed by atoms with E-state index in [1.807, 2.05) is 0 Å². The molecule has 7 heteroatoms. The van der Waals surface area contributed by atoms with Crippen molar-refractivity contribution in [1.29, 1.82) is 0 Å². The second-order valence-corrected chi connectivity index (χ2v) is 4.41. The average Bonchev–Trinajstić information content (AvgIpc) is 2.48. The standard InChI is InChI=1S/C14H26O7/c15-7-1-5-13(17)20-11-2-6-14(18)21-12-4-10-19-9-3-8-16/h15-16H,1-12H2. The molecule has 0 atom stereocenters. The summed E-state index contributed by atoms with van der Waals surface area (Å²) in [5.74, 6) is -0.686. The summed E-state index contributed by atoms with van der Waals surface area (Å²) < 4.78 is 15.0. The first kappa shape index (κ1) is 19.8. The van der Waals surface area contributed by atoms with Crippen LogP contribution in [0, 0.1) is 0 Å². The van der Waals surface area contributed by atoms with Gasteiger partial charge in [0.15, 0.2) is 0 Å². The van der Waals surface area contributed by atoms with Crippen LogP contribution >= 0.6 is 0 Å². The van der Waals surface area contributed by atoms with Crippen molar-refractivity contribution >= 4 is 11.9 Å². The Hall–Kier alpha value is -1.18. The van der Waals surface area contributed by atoms with E-state index in [0.717, 1.165) is 0 Å². The van der Waals surface area contributed by atoms with Gasteiger partial charge in [0.25, 0.3) is 0 Å². The Balaban J connectivity index is 3.29. The quantitative estimate of drug-likeness (QED) is 0.354. The molecule has 0 heterocycles. The Morgan fingerprint density at radius 2 is 1.19 bits per heavy atom. The molecule has 7 nitrogen and oxygen atoms in total. The van der Waals surface area contributed by atoms with Crippen molar-refractivity contribution in [2.45, 2.75) is 38.5 Å². The molecule has 0 aliphatic rings. The van der Waals surface area contributed by atoms with E-state index in [1.165, 1.54) is 0 Å². The minimum Gasteiger partial charge on any atom is -0.466 e. The second-order valence-electron chi connectivity index (χ2n) is 4.41. The minimum atomic E-state index is -0.363. The molecule has 124 valence electrons. The van der Waals surface area contributed by atoms with Crippen molar-refractivity contribution in [3.63, 3.8) is 0 Å². The zero-order valence-corrected chi connectivity index (χ0v) is 12.4. The Morgan fingerprint density at radius 3 is 1.81 bits per heavy atom. The SMILES string of the molecule is O=C(CCCO)OCCCC(=O)OCCCOCCCO. The third-order valence-electron chi connectivity index (χ3n) is 2.47. The molecule has 0 fully saturated rings. The van der Waals surface area contributed by atoms with Gasteiger partial charge in [0, 0.05) is 45.7 Å². The van der Waals surface area contributed by atoms with Crippen LogP contribution < -0.4 is 0 Å². The molecule has 0 bridgehead atoms. The highest BCUT2D eigenvalue weighted by molar-refractivity contribution is 5.70. The number of carbonyl (C=O) groups is 2. The van der Waals surface area contributed by atoms with Crippen LogP contribution in [-0.2, 0) is 23.8 Å². The highest BCUT2D eigenvalue weighted by Crippen LogP contribution is 1.98. The van der Waals surface area contributed by atoms with E-state index < -0.39 is 0 Å². The molecule has 0 rings (SSSR count). The zero-order chi connectivity index (χ0) is 15.8. The molecule has 0 radical (unpaired) electrons. The Labute approximate surface area is 125 Å². The maximum Gasteiger partial charge on any atom is 0.305 e. The van der Waals surface area contributed by atoms with Crippen LogP contribution in [0.5, 0.6) is 0 Å². The molecule has 21 heavy (non-hydrogen) atoms. The van der Waals surface area contributed by atoms with E-state index in [4.69, 9.17) is 24.4 Å². The smallest absolute Gasteiger partial charge is 0.305 e. The number of ether oxygens (including phenoxy) is 3. The first-order valence-corrected chi connectivity index (χ1v) is 7.31. The highest BCUT2D eigenvalue weighted by atomic mass is 16.5. The number of rotatable bonds is 14. The Morgan fingerprint density at radius 1 is 0.667 bits per heavy atom. The molecule has 0 aliphatic carbocycles. The van der Waals surface area contributed by atoms with Gasteiger partial charge in [0.2, 0.25) is 0 Å². The summed E-state index contributed by atoms with van der Waals surface area (Å²) in [6.07, 6.45) is 2.44. The third kappa shape index (κ3) is 15.0. The van der Waals surface area contributed by atoms with Gasteiger partial charge in [0.1, 0.15) is 0 Å². The van der Waals surface area contributed by atoms with Crippen LogP contribution in [0.4, 0.5) is 0 Å². The van der Waals surface area contributed by atoms with Gasteiger partial charge >= 0.3 is 11.9 Å². The van der Waals surface area contributed by atoms with Crippen LogP contribution in [-0.4, -0.2) is 61.8 Å². The molecule has 0 aliphatic heterocycles. The molecular weight excluding hydrogens is 280 g/mol. The highest BCUT2D eigenvalue weighted by Gasteiger charge is 2.05. The fraction of sp³-hybridized carbons (Fsp3) is 0.857. The van der Waals surface area contributed by atoms with Crippen molar-refractivity contribution in [2.24, 2.45) is 0 Å². The third-order valence-corrected chi connectivity index (χ3v) is 2.47. The van der Waals surface area contributed by atoms with E-state index >= 15 is 0 Å². The van der Waals surface area contributed by atoms with E-state index in [2.05, 4.69) is 0 Å². The van der Waals surface area contributed by atoms with Crippen LogP contribution in [0.1, 0.15) is 38.5 Å². The van der Waals surface area contributed by atoms with Gasteiger partial charge in [-0.05, 0) is 19.3 Å². The fourth-order valence-electron chi connectivity index (χ4n) is 1.39. The predicted molar refractivity (Wildman–Crippen MR) is 74.6 cm³/mol. The largest absolute Gasteiger partial charge is 0.466 e. The molecule has 0 saturated carbocycles. The lowest BCUT2D eigenvalue weighted by atomic mass is 10.3. The monoisotopic (exact) mass is 306 g/mol. The number of esters is 2. The van der Waals surface area contributed by atoms with Crippen LogP contribution in [0.2, 0.25) is 0 Å². The molecule has 0 aromatic heterocycles. The van der Waals surface area contributed by atoms with E-state index in [1.54, 1.807) is 0 Å². The van der Waals surface area contributed by atoms with Crippen molar-refractivity contribution < 1.29 is 34.0 Å². The first-order chi connectivity index (χ1) is 10.2. The van der Waals surface area contributed by atoms with Gasteiger partial charge < -0.3 is 24.4 Å². The first-order valence-electron chi connectivity index (χ1n) is 7.31. The molecular formula is C14H26O7. The summed E-state index contributed by atoms with van der Waals surface area (Å²) in [5.41, 5.74) is 0. The summed E-state index contributed by atoms with van der Waals surface area (Å²) in [6.45, 7) is 1.56. The topological polar surface area (TPSA) is 102 Å². The van der Waals surface area contributed by atoms with Crippen molar-refractivity contribution in [3.8, 4) is 0 Å². The van der Waals surface area contributed by atoms with Gasteiger partial charge in [0.05, 0.1) is 13.2 Å². The fourth-order valence-corrected chi connectivity index (χ4v) is 1.39. The van der Waals surface area contributed by atoms with E-state index in [9.17, 15) is 9.59 Å². The lowest BCUT2D eigenvalue weighted by Gasteiger charge is -2.06. The molecule has 0 amide bonds. The summed E-state index contributed by atoms with van der Waals surface area (Å²) in [7, 11) is 0. The number of carbonyl (C=O) groups excluding carboxylic acids is 2. The van der Waals surface area contributed by atoms with Crippen LogP contribution in [0.15, 0.2) is 0 Å². The molecule has 0 aromatic rings. The summed E-state index contributed by atoms with van der Waals surface area (Å²) in [6, 6.07) is 0. The van der Waals surface area contributed by atoms with Gasteiger partial charge in [-0.25, -0.2) is 0 Å². The Kier molecular flexibility index (Phi) is 14.4. The zero-order valence-electron chi connectivity index (χ0n) is 12.4. The van der Waals surface area contributed by atoms with E-state index in [-0.39, 0.29) is 44.6 Å². The van der Waals surface area contributed by atoms with Gasteiger partial charge in [-0.2, -0.15) is 0 Å². The van der Waals surface area contributed by atoms with Crippen LogP contribution in [0.3, 0.4) is 0 Å². The number of aliphatic hydroxyl groups is 2. The van der Waals surface area contributed by atoms with Crippen molar-refractivity contribution in [2.75, 3.05) is 39.6 Å². The second kappa shape index (κ2) is 15.2. The van der Waals surface area contributed by atoms with Gasteiger partial charge in [-0.1, -0.05) is 0 Å². The van der Waals surface area contributed by atoms with Crippen LogP contribution in [0.25, 0.3) is 0 Å². The molecule has 2 N–H and O–H groups in total. The number of aliphatic hydroxyl groups excluding tert-OH is 2. The normalized spacial score (nSPS) is 10.4. The van der Waals surface area contributed by atoms with E-state index in [0.29, 0.717) is 45.5 Å². The summed E-state index contributed by atoms with van der Waals surface area (Å²) in [5, 5.41) is 17.1. The van der Waals surface area contributed by atoms with Crippen molar-refractivity contribution in [3.05, 3.63) is 0 Å². The average molecular weight is 306 g/mol. The lowest BCUT2D eigenvalue weighted by Crippen LogP contribution is -2.11. The van der Waals surface area contributed by atoms with Crippen molar-refractivity contribution in [1.82, 2.24) is 0 Å². The lowest BCUT2D eigenvalue weighted by molar-refractivity contribution is -0.148. The number of hydrogen-bond donors (Lipinski definition) is 2. The molecule has 0 unspecified atom stereocenters. The maximum atomic E-state index is 11.3. The minimum absolute atomic E-state index is 0.0366. The van der Waals surface area contributed by atoms with Gasteiger partial charge in [-0.15, -0.1) is 0 Å². The van der Waals surface area contributed by atoms with Gasteiger partial charge in [-0.3, -0.25) is 9.59 Å². The molecule has 0 spiro atoms. The Bertz CT molecular complexity index is 268. The molecule has 0 saturated heterocycles. The predicted octanol–water partition coefficient (Wildman–Crippen LogP) is 0.415. The summed E-state index contributed by atoms with van der Waals surface area (Å²) in [4.78, 5) is 22.4.